The normalized spacial score (nSPS) is 12.0. The number of carbonyl (C=O) groups is 4. The summed E-state index contributed by atoms with van der Waals surface area (Å²) in [6.45, 7) is 12.6. The van der Waals surface area contributed by atoms with Crippen LogP contribution in [0.1, 0.15) is 221 Å². The number of rotatable bonds is 34. The van der Waals surface area contributed by atoms with Crippen LogP contribution < -0.4 is 0 Å². The van der Waals surface area contributed by atoms with Gasteiger partial charge in [-0.2, -0.15) is 0 Å². The van der Waals surface area contributed by atoms with Gasteiger partial charge in [0.15, 0.2) is 0 Å². The van der Waals surface area contributed by atoms with Crippen molar-refractivity contribution in [1.29, 1.82) is 0 Å². The lowest BCUT2D eigenvalue weighted by atomic mass is 10.1. The minimum absolute atomic E-state index is 0.162. The van der Waals surface area contributed by atoms with Crippen molar-refractivity contribution in [3.05, 3.63) is 0 Å². The Morgan fingerprint density at radius 3 is 0.820 bits per heavy atom. The van der Waals surface area contributed by atoms with Crippen LogP contribution in [0.3, 0.4) is 0 Å². The topological polar surface area (TPSA) is 105 Å². The van der Waals surface area contributed by atoms with Gasteiger partial charge in [-0.1, -0.05) is 156 Å². The molecule has 2 unspecified atom stereocenters. The third kappa shape index (κ3) is 40.3. The van der Waals surface area contributed by atoms with Crippen molar-refractivity contribution in [3.8, 4) is 0 Å². The zero-order valence-electron chi connectivity index (χ0n) is 33.6. The van der Waals surface area contributed by atoms with Crippen LogP contribution in [0.2, 0.25) is 0 Å². The number of ether oxygens (including phenoxy) is 4. The molecule has 0 fully saturated rings. The highest BCUT2D eigenvalue weighted by atomic mass is 16.6. The van der Waals surface area contributed by atoms with Gasteiger partial charge >= 0.3 is 23.9 Å². The minimum Gasteiger partial charge on any atom is -0.462 e. The van der Waals surface area contributed by atoms with Crippen LogP contribution in [0.15, 0.2) is 0 Å². The standard InChI is InChI=1S/C23H44O4.C19H36O4/c1-4-6-8-10-12-14-16-18-22(24)26-20-21(3)27-23(25)19-17-15-13-11-9-7-5-2;1-4-6-8-10-12-14-18(20)22-16-17(3)23-19(21)15-13-11-9-7-5-2/h21H,4-20H2,1-3H3;17H,4-16H2,1-3H3. The summed E-state index contributed by atoms with van der Waals surface area (Å²) < 4.78 is 20.9. The van der Waals surface area contributed by atoms with Crippen molar-refractivity contribution in [2.45, 2.75) is 234 Å². The van der Waals surface area contributed by atoms with E-state index in [0.29, 0.717) is 25.7 Å². The summed E-state index contributed by atoms with van der Waals surface area (Å²) >= 11 is 0. The molecule has 0 aliphatic heterocycles. The van der Waals surface area contributed by atoms with E-state index < -0.39 is 0 Å². The first-order valence-electron chi connectivity index (χ1n) is 20.9. The third-order valence-electron chi connectivity index (χ3n) is 8.56. The SMILES string of the molecule is CCCCCCCC(=O)OCC(C)OC(=O)CCCCCCC.CCCCCCCCCC(=O)OCC(C)OC(=O)CCCCCCCCC. The molecule has 0 aromatic heterocycles. The van der Waals surface area contributed by atoms with Gasteiger partial charge in [-0.3, -0.25) is 19.2 Å². The average molecular weight is 713 g/mol. The Kier molecular flexibility index (Phi) is 39.7. The fraction of sp³-hybridized carbons (Fsp3) is 0.905. The van der Waals surface area contributed by atoms with Crippen molar-refractivity contribution < 1.29 is 38.1 Å². The molecular weight excluding hydrogens is 632 g/mol. The molecule has 0 radical (unpaired) electrons. The lowest BCUT2D eigenvalue weighted by Crippen LogP contribution is -2.22. The van der Waals surface area contributed by atoms with Gasteiger partial charge in [0.1, 0.15) is 25.4 Å². The van der Waals surface area contributed by atoms with Gasteiger partial charge in [0, 0.05) is 25.7 Å². The third-order valence-corrected chi connectivity index (χ3v) is 8.56. The molecule has 8 heteroatoms. The van der Waals surface area contributed by atoms with E-state index >= 15 is 0 Å². The van der Waals surface area contributed by atoms with E-state index in [1.165, 1.54) is 103 Å². The molecule has 50 heavy (non-hydrogen) atoms. The second-order valence-corrected chi connectivity index (χ2v) is 14.0. The van der Waals surface area contributed by atoms with E-state index in [1.54, 1.807) is 13.8 Å². The highest BCUT2D eigenvalue weighted by molar-refractivity contribution is 5.71. The Hall–Kier alpha value is -2.12. The molecule has 0 rings (SSSR count). The van der Waals surface area contributed by atoms with Gasteiger partial charge in [-0.05, 0) is 39.5 Å². The number of hydrogen-bond donors (Lipinski definition) is 0. The van der Waals surface area contributed by atoms with Crippen LogP contribution >= 0.6 is 0 Å². The summed E-state index contributed by atoms with van der Waals surface area (Å²) in [5.41, 5.74) is 0. The lowest BCUT2D eigenvalue weighted by Gasteiger charge is -2.13. The maximum Gasteiger partial charge on any atom is 0.306 e. The van der Waals surface area contributed by atoms with E-state index in [9.17, 15) is 19.2 Å². The Labute approximate surface area is 308 Å². The fourth-order valence-corrected chi connectivity index (χ4v) is 5.40. The van der Waals surface area contributed by atoms with Gasteiger partial charge < -0.3 is 18.9 Å². The summed E-state index contributed by atoms with van der Waals surface area (Å²) in [4.78, 5) is 46.7. The summed E-state index contributed by atoms with van der Waals surface area (Å²) in [6.07, 6.45) is 28.8. The Bertz CT molecular complexity index is 784. The van der Waals surface area contributed by atoms with Gasteiger partial charge in [0.05, 0.1) is 0 Å². The van der Waals surface area contributed by atoms with Crippen LogP contribution in [0.25, 0.3) is 0 Å². The molecule has 0 saturated heterocycles. The molecular formula is C42H80O8. The van der Waals surface area contributed by atoms with Crippen molar-refractivity contribution in [3.63, 3.8) is 0 Å². The van der Waals surface area contributed by atoms with Crippen LogP contribution in [0.4, 0.5) is 0 Å². The van der Waals surface area contributed by atoms with Crippen LogP contribution in [-0.4, -0.2) is 49.3 Å². The molecule has 0 saturated carbocycles. The molecule has 8 nitrogen and oxygen atoms in total. The number of esters is 4. The monoisotopic (exact) mass is 713 g/mol. The number of unbranched alkanes of at least 4 members (excludes halogenated alkanes) is 20. The Morgan fingerprint density at radius 2 is 0.560 bits per heavy atom. The van der Waals surface area contributed by atoms with Gasteiger partial charge in [-0.15, -0.1) is 0 Å². The molecule has 2 atom stereocenters. The molecule has 0 aromatic carbocycles. The van der Waals surface area contributed by atoms with E-state index in [0.717, 1.165) is 51.4 Å². The van der Waals surface area contributed by atoms with Crippen molar-refractivity contribution in [2.75, 3.05) is 13.2 Å². The van der Waals surface area contributed by atoms with Gasteiger partial charge in [0.2, 0.25) is 0 Å². The highest BCUT2D eigenvalue weighted by Crippen LogP contribution is 2.12. The zero-order valence-corrected chi connectivity index (χ0v) is 33.6. The molecule has 0 aliphatic carbocycles. The molecule has 0 N–H and O–H groups in total. The van der Waals surface area contributed by atoms with Crippen LogP contribution in [0, 0.1) is 0 Å². The second-order valence-electron chi connectivity index (χ2n) is 14.0. The zero-order chi connectivity index (χ0) is 37.5. The summed E-state index contributed by atoms with van der Waals surface area (Å²) in [5.74, 6) is -0.744. The Balaban J connectivity index is 0. The maximum absolute atomic E-state index is 11.8. The van der Waals surface area contributed by atoms with E-state index in [4.69, 9.17) is 18.9 Å². The molecule has 0 heterocycles. The summed E-state index contributed by atoms with van der Waals surface area (Å²) in [5, 5.41) is 0. The first kappa shape index (κ1) is 50.0. The first-order valence-corrected chi connectivity index (χ1v) is 20.9. The number of carbonyl (C=O) groups excluding carboxylic acids is 4. The second kappa shape index (κ2) is 39.7. The van der Waals surface area contributed by atoms with Crippen LogP contribution in [0.5, 0.6) is 0 Å². The molecule has 0 aromatic rings. The summed E-state index contributed by atoms with van der Waals surface area (Å²) in [7, 11) is 0. The smallest absolute Gasteiger partial charge is 0.306 e. The highest BCUT2D eigenvalue weighted by Gasteiger charge is 2.13. The van der Waals surface area contributed by atoms with Crippen molar-refractivity contribution in [1.82, 2.24) is 0 Å². The van der Waals surface area contributed by atoms with Crippen molar-refractivity contribution in [2.24, 2.45) is 0 Å². The number of hydrogen-bond acceptors (Lipinski definition) is 8. The predicted octanol–water partition coefficient (Wildman–Crippen LogP) is 11.9. The van der Waals surface area contributed by atoms with E-state index in [2.05, 4.69) is 27.7 Å². The quantitative estimate of drug-likeness (QED) is 0.0369. The predicted molar refractivity (Wildman–Crippen MR) is 205 cm³/mol. The Morgan fingerprint density at radius 1 is 0.340 bits per heavy atom. The van der Waals surface area contributed by atoms with Crippen molar-refractivity contribution >= 4 is 23.9 Å². The first-order chi connectivity index (χ1) is 24.2. The van der Waals surface area contributed by atoms with E-state index in [1.807, 2.05) is 0 Å². The summed E-state index contributed by atoms with van der Waals surface area (Å²) in [6, 6.07) is 0. The molecule has 0 bridgehead atoms. The molecule has 296 valence electrons. The lowest BCUT2D eigenvalue weighted by molar-refractivity contribution is -0.158. The molecule has 0 amide bonds. The van der Waals surface area contributed by atoms with E-state index in [-0.39, 0.29) is 49.3 Å². The minimum atomic E-state index is -0.361. The van der Waals surface area contributed by atoms with Crippen LogP contribution in [-0.2, 0) is 38.1 Å². The molecule has 0 aliphatic rings. The average Bonchev–Trinajstić information content (AvgIpc) is 3.09. The maximum atomic E-state index is 11.8. The van der Waals surface area contributed by atoms with Gasteiger partial charge in [0.25, 0.3) is 0 Å². The molecule has 0 spiro atoms. The fourth-order valence-electron chi connectivity index (χ4n) is 5.40. The van der Waals surface area contributed by atoms with Gasteiger partial charge in [-0.25, -0.2) is 0 Å². The largest absolute Gasteiger partial charge is 0.462 e.